The predicted octanol–water partition coefficient (Wildman–Crippen LogP) is 0.484. The first kappa shape index (κ1) is 11.0. The molecule has 2 N–H and O–H groups in total. The highest BCUT2D eigenvalue weighted by Gasteiger charge is 2.22. The molecule has 0 spiro atoms. The minimum atomic E-state index is -0.371. The Hall–Kier alpha value is -1.47. The number of nitrogens with zero attached hydrogens (tertiary/aromatic N) is 1. The minimum absolute atomic E-state index is 0.223. The van der Waals surface area contributed by atoms with Crippen LogP contribution in [0.25, 0.3) is 0 Å². The van der Waals surface area contributed by atoms with E-state index < -0.39 is 0 Å². The van der Waals surface area contributed by atoms with Crippen molar-refractivity contribution in [1.82, 2.24) is 15.5 Å². The summed E-state index contributed by atoms with van der Waals surface area (Å²) >= 11 is 10.1. The Kier molecular flexibility index (Phi) is 3.16. The van der Waals surface area contributed by atoms with Crippen molar-refractivity contribution in [1.29, 1.82) is 0 Å². The van der Waals surface area contributed by atoms with Gasteiger partial charge in [-0.2, -0.15) is 0 Å². The van der Waals surface area contributed by atoms with Gasteiger partial charge >= 0.3 is 0 Å². The smallest absolute Gasteiger partial charge is 0.293 e. The number of hydrogen-bond acceptors (Lipinski definition) is 4. The molecule has 0 bridgehead atoms. The van der Waals surface area contributed by atoms with Crippen molar-refractivity contribution in [3.63, 3.8) is 0 Å². The third-order valence-electron chi connectivity index (χ3n) is 2.07. The lowest BCUT2D eigenvalue weighted by Crippen LogP contribution is -2.44. The van der Waals surface area contributed by atoms with Gasteiger partial charge in [-0.25, -0.2) is 0 Å². The number of furan rings is 1. The molecule has 2 heterocycles. The van der Waals surface area contributed by atoms with Gasteiger partial charge in [0.05, 0.1) is 6.26 Å². The summed E-state index contributed by atoms with van der Waals surface area (Å²) in [6, 6.07) is 3.21. The first-order valence-corrected chi connectivity index (χ1v) is 5.44. The van der Waals surface area contributed by atoms with Gasteiger partial charge in [0.25, 0.3) is 5.91 Å². The molecule has 0 aliphatic carbocycles. The number of amides is 1. The zero-order valence-electron chi connectivity index (χ0n) is 8.23. The van der Waals surface area contributed by atoms with Crippen LogP contribution in [0.3, 0.4) is 0 Å². The molecule has 0 radical (unpaired) electrons. The Bertz CT molecular complexity index is 430. The molecule has 1 fully saturated rings. The number of nitrogens with one attached hydrogen (secondary N) is 2. The Labute approximate surface area is 103 Å². The standard InChI is InChI=1S/C9H9N3O2S2/c13-7(6-2-1-5-14-6)11-9(16)12-4-3-10-8(12)15/h1-2,5H,3-4H2,(H,10,15)(H,11,13,16). The van der Waals surface area contributed by atoms with Gasteiger partial charge in [-0.3, -0.25) is 15.0 Å². The average Bonchev–Trinajstić information content (AvgIpc) is 2.86. The van der Waals surface area contributed by atoms with Gasteiger partial charge in [0.2, 0.25) is 0 Å². The molecule has 1 aliphatic heterocycles. The maximum Gasteiger partial charge on any atom is 0.293 e. The monoisotopic (exact) mass is 255 g/mol. The molecule has 16 heavy (non-hydrogen) atoms. The molecular weight excluding hydrogens is 246 g/mol. The predicted molar refractivity (Wildman–Crippen MR) is 66.1 cm³/mol. The van der Waals surface area contributed by atoms with E-state index in [1.165, 1.54) is 6.26 Å². The third-order valence-corrected chi connectivity index (χ3v) is 2.75. The van der Waals surface area contributed by atoms with Crippen LogP contribution in [-0.2, 0) is 0 Å². The fourth-order valence-corrected chi connectivity index (χ4v) is 1.92. The molecule has 0 atom stereocenters. The van der Waals surface area contributed by atoms with Crippen LogP contribution in [0.5, 0.6) is 0 Å². The van der Waals surface area contributed by atoms with E-state index in [-0.39, 0.29) is 16.8 Å². The van der Waals surface area contributed by atoms with Crippen LogP contribution in [0.1, 0.15) is 10.6 Å². The Morgan fingerprint density at radius 1 is 1.62 bits per heavy atom. The number of rotatable bonds is 1. The minimum Gasteiger partial charge on any atom is -0.459 e. The summed E-state index contributed by atoms with van der Waals surface area (Å²) in [5.74, 6) is -0.148. The van der Waals surface area contributed by atoms with Crippen molar-refractivity contribution in [2.75, 3.05) is 13.1 Å². The zero-order valence-corrected chi connectivity index (χ0v) is 9.86. The van der Waals surface area contributed by atoms with Crippen molar-refractivity contribution in [2.45, 2.75) is 0 Å². The lowest BCUT2D eigenvalue weighted by Gasteiger charge is -2.17. The number of hydrogen-bond donors (Lipinski definition) is 2. The van der Waals surface area contributed by atoms with Crippen LogP contribution in [0.2, 0.25) is 0 Å². The molecule has 0 unspecified atom stereocenters. The van der Waals surface area contributed by atoms with Crippen molar-refractivity contribution >= 4 is 40.6 Å². The molecule has 1 amide bonds. The van der Waals surface area contributed by atoms with E-state index in [1.807, 2.05) is 0 Å². The second-order valence-corrected chi connectivity index (χ2v) is 3.89. The molecule has 1 aromatic heterocycles. The fraction of sp³-hybridized carbons (Fsp3) is 0.222. The lowest BCUT2D eigenvalue weighted by atomic mass is 10.4. The van der Waals surface area contributed by atoms with E-state index in [1.54, 1.807) is 17.0 Å². The van der Waals surface area contributed by atoms with E-state index in [2.05, 4.69) is 10.6 Å². The van der Waals surface area contributed by atoms with Crippen molar-refractivity contribution < 1.29 is 9.21 Å². The summed E-state index contributed by atoms with van der Waals surface area (Å²) < 4.78 is 4.95. The SMILES string of the molecule is O=C(NC(=S)N1CCNC1=S)c1ccco1. The number of carbonyl (C=O) groups excluding carboxylic acids is 1. The van der Waals surface area contributed by atoms with Crippen LogP contribution < -0.4 is 10.6 Å². The molecular formula is C9H9N3O2S2. The topological polar surface area (TPSA) is 57.5 Å². The second-order valence-electron chi connectivity index (χ2n) is 3.12. The lowest BCUT2D eigenvalue weighted by molar-refractivity contribution is 0.0948. The molecule has 1 saturated heterocycles. The van der Waals surface area contributed by atoms with Gasteiger partial charge < -0.3 is 9.73 Å². The number of thiocarbonyl (C=S) groups is 2. The summed E-state index contributed by atoms with van der Waals surface area (Å²) in [5, 5.41) is 6.33. The van der Waals surface area contributed by atoms with Gasteiger partial charge in [0.15, 0.2) is 16.0 Å². The van der Waals surface area contributed by atoms with Crippen LogP contribution >= 0.6 is 24.4 Å². The summed E-state index contributed by atoms with van der Waals surface area (Å²) in [6.45, 7) is 1.39. The summed E-state index contributed by atoms with van der Waals surface area (Å²) in [7, 11) is 0. The molecule has 0 saturated carbocycles. The van der Waals surface area contributed by atoms with Crippen LogP contribution in [0.15, 0.2) is 22.8 Å². The number of carbonyl (C=O) groups is 1. The quantitative estimate of drug-likeness (QED) is 0.712. The summed E-state index contributed by atoms with van der Waals surface area (Å²) in [5.41, 5.74) is 0. The molecule has 5 nitrogen and oxygen atoms in total. The van der Waals surface area contributed by atoms with Gasteiger partial charge in [-0.15, -0.1) is 0 Å². The molecule has 1 aliphatic rings. The van der Waals surface area contributed by atoms with E-state index in [0.717, 1.165) is 6.54 Å². The second kappa shape index (κ2) is 4.58. The van der Waals surface area contributed by atoms with Gasteiger partial charge in [0, 0.05) is 13.1 Å². The highest BCUT2D eigenvalue weighted by Crippen LogP contribution is 2.02. The van der Waals surface area contributed by atoms with Gasteiger partial charge in [0.1, 0.15) is 0 Å². The Morgan fingerprint density at radius 3 is 3.00 bits per heavy atom. The molecule has 0 aromatic carbocycles. The molecule has 1 aromatic rings. The van der Waals surface area contributed by atoms with E-state index in [9.17, 15) is 4.79 Å². The zero-order chi connectivity index (χ0) is 11.5. The van der Waals surface area contributed by atoms with E-state index in [4.69, 9.17) is 28.9 Å². The van der Waals surface area contributed by atoms with E-state index >= 15 is 0 Å². The molecule has 84 valence electrons. The summed E-state index contributed by atoms with van der Waals surface area (Å²) in [4.78, 5) is 13.3. The van der Waals surface area contributed by atoms with Crippen LogP contribution in [0.4, 0.5) is 0 Å². The molecule has 7 heteroatoms. The first-order chi connectivity index (χ1) is 7.68. The largest absolute Gasteiger partial charge is 0.459 e. The van der Waals surface area contributed by atoms with Gasteiger partial charge in [-0.05, 0) is 36.6 Å². The highest BCUT2D eigenvalue weighted by atomic mass is 32.1. The highest BCUT2D eigenvalue weighted by molar-refractivity contribution is 7.81. The first-order valence-electron chi connectivity index (χ1n) is 4.62. The maximum atomic E-state index is 11.6. The van der Waals surface area contributed by atoms with Gasteiger partial charge in [-0.1, -0.05) is 0 Å². The Balaban J connectivity index is 1.97. The van der Waals surface area contributed by atoms with Crippen molar-refractivity contribution in [2.24, 2.45) is 0 Å². The van der Waals surface area contributed by atoms with Crippen molar-refractivity contribution in [3.05, 3.63) is 24.2 Å². The normalized spacial score (nSPS) is 14.8. The fourth-order valence-electron chi connectivity index (χ4n) is 1.30. The summed E-state index contributed by atoms with van der Waals surface area (Å²) in [6.07, 6.45) is 1.43. The third kappa shape index (κ3) is 2.20. The van der Waals surface area contributed by atoms with Crippen LogP contribution in [0, 0.1) is 0 Å². The Morgan fingerprint density at radius 2 is 2.44 bits per heavy atom. The van der Waals surface area contributed by atoms with Crippen molar-refractivity contribution in [3.8, 4) is 0 Å². The van der Waals surface area contributed by atoms with Crippen LogP contribution in [-0.4, -0.2) is 34.1 Å². The van der Waals surface area contributed by atoms with E-state index in [0.29, 0.717) is 11.7 Å². The average molecular weight is 255 g/mol. The maximum absolute atomic E-state index is 11.6. The molecule has 2 rings (SSSR count).